The lowest BCUT2D eigenvalue weighted by atomic mass is 10.1. The van der Waals surface area contributed by atoms with Crippen LogP contribution in [0.3, 0.4) is 0 Å². The van der Waals surface area contributed by atoms with Crippen molar-refractivity contribution >= 4 is 27.0 Å². The average Bonchev–Trinajstić information content (AvgIpc) is 3.05. The third-order valence-electron chi connectivity index (χ3n) is 3.79. The average molecular weight is 370 g/mol. The van der Waals surface area contributed by atoms with Crippen molar-refractivity contribution < 1.29 is 22.7 Å². The number of furan rings is 1. The van der Waals surface area contributed by atoms with Gasteiger partial charge in [0.15, 0.2) is 0 Å². The molecule has 26 heavy (non-hydrogen) atoms. The summed E-state index contributed by atoms with van der Waals surface area (Å²) in [5.41, 5.74) is 1.69. The highest BCUT2D eigenvalue weighted by molar-refractivity contribution is 7.89. The Morgan fingerprint density at radius 2 is 1.88 bits per heavy atom. The minimum absolute atomic E-state index is 0.0906. The molecular formula is C18H14N2O5S. The molecule has 0 unspecified atom stereocenters. The number of hydrogen-bond donors (Lipinski definition) is 2. The summed E-state index contributed by atoms with van der Waals surface area (Å²) in [6, 6.07) is 14.2. The van der Waals surface area contributed by atoms with Gasteiger partial charge in [0.25, 0.3) is 0 Å². The Balaban J connectivity index is 1.67. The summed E-state index contributed by atoms with van der Waals surface area (Å²) >= 11 is 0. The molecule has 1 heterocycles. The highest BCUT2D eigenvalue weighted by Gasteiger charge is 2.14. The van der Waals surface area contributed by atoms with Gasteiger partial charge in [-0.3, -0.25) is 0 Å². The van der Waals surface area contributed by atoms with Crippen molar-refractivity contribution in [2.24, 2.45) is 0 Å². The molecule has 0 bridgehead atoms. The van der Waals surface area contributed by atoms with Crippen LogP contribution in [0.1, 0.15) is 21.7 Å². The molecule has 0 spiro atoms. The normalized spacial score (nSPS) is 11.3. The number of rotatable bonds is 6. The zero-order valence-electron chi connectivity index (χ0n) is 13.5. The monoisotopic (exact) mass is 370 g/mol. The molecule has 1 aromatic heterocycles. The Hall–Kier alpha value is -3.15. The zero-order chi connectivity index (χ0) is 18.7. The highest BCUT2D eigenvalue weighted by atomic mass is 32.2. The molecule has 132 valence electrons. The molecule has 3 aromatic rings. The van der Waals surface area contributed by atoms with Crippen LogP contribution in [0.5, 0.6) is 0 Å². The number of carboxylic acid groups (broad SMARTS) is 1. The van der Waals surface area contributed by atoms with Crippen LogP contribution in [0.25, 0.3) is 11.0 Å². The van der Waals surface area contributed by atoms with Gasteiger partial charge in [-0.05, 0) is 54.4 Å². The lowest BCUT2D eigenvalue weighted by molar-refractivity contribution is 0.0665. The molecule has 0 aliphatic heterocycles. The Labute approximate surface area is 149 Å². The first kappa shape index (κ1) is 17.7. The maximum absolute atomic E-state index is 12.2. The first-order valence-electron chi connectivity index (χ1n) is 7.65. The number of nitrogens with one attached hydrogen (secondary N) is 1. The second-order valence-corrected chi connectivity index (χ2v) is 7.34. The maximum atomic E-state index is 12.2. The van der Waals surface area contributed by atoms with Gasteiger partial charge in [0.1, 0.15) is 5.58 Å². The predicted octanol–water partition coefficient (Wildman–Crippen LogP) is 2.52. The van der Waals surface area contributed by atoms with Crippen LogP contribution in [-0.2, 0) is 16.4 Å². The predicted molar refractivity (Wildman–Crippen MR) is 93.2 cm³/mol. The summed E-state index contributed by atoms with van der Waals surface area (Å²) in [5.74, 6) is -1.28. The molecule has 3 rings (SSSR count). The molecule has 0 aliphatic rings. The molecule has 2 N–H and O–H groups in total. The molecule has 0 atom stereocenters. The number of carboxylic acids is 1. The minimum Gasteiger partial charge on any atom is -0.475 e. The van der Waals surface area contributed by atoms with Crippen molar-refractivity contribution in [2.75, 3.05) is 6.54 Å². The SMILES string of the molecule is N#Cc1ccc(S(=O)(=O)NCCc2ccc3oc(C(=O)O)cc3c2)cc1. The molecule has 0 amide bonds. The fourth-order valence-corrected chi connectivity index (χ4v) is 3.51. The molecule has 0 radical (unpaired) electrons. The number of aromatic carboxylic acids is 1. The topological polar surface area (TPSA) is 120 Å². The van der Waals surface area contributed by atoms with Crippen molar-refractivity contribution in [3.05, 3.63) is 65.4 Å². The van der Waals surface area contributed by atoms with E-state index in [9.17, 15) is 13.2 Å². The molecule has 8 heteroatoms. The molecule has 2 aromatic carbocycles. The number of sulfonamides is 1. The van der Waals surface area contributed by atoms with Crippen LogP contribution < -0.4 is 4.72 Å². The third kappa shape index (κ3) is 3.74. The van der Waals surface area contributed by atoms with Crippen molar-refractivity contribution in [1.82, 2.24) is 4.72 Å². The van der Waals surface area contributed by atoms with E-state index in [1.165, 1.54) is 30.3 Å². The van der Waals surface area contributed by atoms with Crippen molar-refractivity contribution in [1.29, 1.82) is 5.26 Å². The second kappa shape index (κ2) is 7.00. The summed E-state index contributed by atoms with van der Waals surface area (Å²) in [4.78, 5) is 11.0. The van der Waals surface area contributed by atoms with Crippen LogP contribution in [0.2, 0.25) is 0 Å². The van der Waals surface area contributed by atoms with E-state index in [2.05, 4.69) is 4.72 Å². The van der Waals surface area contributed by atoms with E-state index in [0.717, 1.165) is 5.56 Å². The van der Waals surface area contributed by atoms with Crippen LogP contribution in [-0.4, -0.2) is 26.0 Å². The second-order valence-electron chi connectivity index (χ2n) is 5.57. The largest absolute Gasteiger partial charge is 0.475 e. The molecule has 0 fully saturated rings. The minimum atomic E-state index is -3.66. The quantitative estimate of drug-likeness (QED) is 0.688. The van der Waals surface area contributed by atoms with Crippen LogP contribution in [0.4, 0.5) is 0 Å². The number of hydrogen-bond acceptors (Lipinski definition) is 5. The Kier molecular flexibility index (Phi) is 4.75. The number of fused-ring (bicyclic) bond motifs is 1. The number of carbonyl (C=O) groups is 1. The highest BCUT2D eigenvalue weighted by Crippen LogP contribution is 2.21. The van der Waals surface area contributed by atoms with E-state index < -0.39 is 16.0 Å². The van der Waals surface area contributed by atoms with Crippen LogP contribution in [0.15, 0.2) is 57.8 Å². The molecule has 7 nitrogen and oxygen atoms in total. The molecular weight excluding hydrogens is 356 g/mol. The van der Waals surface area contributed by atoms with Crippen molar-refractivity contribution in [2.45, 2.75) is 11.3 Å². The third-order valence-corrected chi connectivity index (χ3v) is 5.27. The number of nitriles is 1. The maximum Gasteiger partial charge on any atom is 0.371 e. The van der Waals surface area contributed by atoms with E-state index in [1.807, 2.05) is 6.07 Å². The van der Waals surface area contributed by atoms with Crippen LogP contribution >= 0.6 is 0 Å². The Bertz CT molecular complexity index is 1110. The van der Waals surface area contributed by atoms with Gasteiger partial charge in [-0.1, -0.05) is 6.07 Å². The van der Waals surface area contributed by atoms with Gasteiger partial charge in [0, 0.05) is 11.9 Å². The van der Waals surface area contributed by atoms with Gasteiger partial charge in [0.05, 0.1) is 16.5 Å². The smallest absolute Gasteiger partial charge is 0.371 e. The summed E-state index contributed by atoms with van der Waals surface area (Å²) in [6.45, 7) is 0.178. The summed E-state index contributed by atoms with van der Waals surface area (Å²) in [7, 11) is -3.66. The van der Waals surface area contributed by atoms with E-state index in [4.69, 9.17) is 14.8 Å². The Morgan fingerprint density at radius 3 is 2.54 bits per heavy atom. The van der Waals surface area contributed by atoms with Gasteiger partial charge in [-0.2, -0.15) is 5.26 Å². The van der Waals surface area contributed by atoms with Crippen molar-refractivity contribution in [3.63, 3.8) is 0 Å². The van der Waals surface area contributed by atoms with Crippen molar-refractivity contribution in [3.8, 4) is 6.07 Å². The van der Waals surface area contributed by atoms with Gasteiger partial charge >= 0.3 is 5.97 Å². The lowest BCUT2D eigenvalue weighted by Gasteiger charge is -2.07. The first-order chi connectivity index (χ1) is 12.4. The summed E-state index contributed by atoms with van der Waals surface area (Å²) in [5, 5.41) is 18.3. The number of benzene rings is 2. The summed E-state index contributed by atoms with van der Waals surface area (Å²) in [6.07, 6.45) is 0.430. The fourth-order valence-electron chi connectivity index (χ4n) is 2.48. The molecule has 0 saturated heterocycles. The summed E-state index contributed by atoms with van der Waals surface area (Å²) < 4.78 is 32.2. The van der Waals surface area contributed by atoms with E-state index >= 15 is 0 Å². The van der Waals surface area contributed by atoms with Gasteiger partial charge in [-0.15, -0.1) is 0 Å². The number of nitrogens with zero attached hydrogens (tertiary/aromatic N) is 1. The van der Waals surface area contributed by atoms with Gasteiger partial charge < -0.3 is 9.52 Å². The van der Waals surface area contributed by atoms with Gasteiger partial charge in [-0.25, -0.2) is 17.9 Å². The van der Waals surface area contributed by atoms with Gasteiger partial charge in [0.2, 0.25) is 15.8 Å². The van der Waals surface area contributed by atoms with Crippen LogP contribution in [0, 0.1) is 11.3 Å². The first-order valence-corrected chi connectivity index (χ1v) is 9.13. The molecule has 0 aliphatic carbocycles. The van der Waals surface area contributed by atoms with E-state index in [-0.39, 0.29) is 17.2 Å². The lowest BCUT2D eigenvalue weighted by Crippen LogP contribution is -2.25. The van der Waals surface area contributed by atoms with E-state index in [0.29, 0.717) is 23.0 Å². The molecule has 0 saturated carbocycles. The zero-order valence-corrected chi connectivity index (χ0v) is 14.3. The standard InChI is InChI=1S/C18H14N2O5S/c19-11-13-1-4-15(5-2-13)26(23,24)20-8-7-12-3-6-16-14(9-12)10-17(25-16)18(21)22/h1-6,9-10,20H,7-8H2,(H,21,22). The van der Waals surface area contributed by atoms with E-state index in [1.54, 1.807) is 18.2 Å². The Morgan fingerprint density at radius 1 is 1.15 bits per heavy atom. The fraction of sp³-hybridized carbons (Fsp3) is 0.111.